The van der Waals surface area contributed by atoms with Gasteiger partial charge in [0.2, 0.25) is 10.0 Å². The lowest BCUT2D eigenvalue weighted by Crippen LogP contribution is -2.50. The molecule has 6 nitrogen and oxygen atoms in total. The van der Waals surface area contributed by atoms with Gasteiger partial charge in [-0.3, -0.25) is 4.90 Å². The number of sulfonamides is 1. The predicted octanol–water partition coefficient (Wildman–Crippen LogP) is 1.73. The van der Waals surface area contributed by atoms with E-state index < -0.39 is 16.1 Å². The molecule has 0 spiro atoms. The van der Waals surface area contributed by atoms with Gasteiger partial charge in [0.05, 0.1) is 18.9 Å². The fourth-order valence-electron chi connectivity index (χ4n) is 4.01. The normalized spacial score (nSPS) is 18.3. The minimum absolute atomic E-state index is 0.487. The molecule has 0 amide bonds. The topological polar surface area (TPSA) is 65.8 Å². The Morgan fingerprint density at radius 1 is 0.889 bits per heavy atom. The maximum atomic E-state index is 11.6. The highest BCUT2D eigenvalue weighted by Gasteiger charge is 2.24. The van der Waals surface area contributed by atoms with E-state index >= 15 is 0 Å². The average Bonchev–Trinajstić information content (AvgIpc) is 2.96. The summed E-state index contributed by atoms with van der Waals surface area (Å²) in [6.45, 7) is 3.33. The van der Waals surface area contributed by atoms with Gasteiger partial charge in [0, 0.05) is 54.5 Å². The summed E-state index contributed by atoms with van der Waals surface area (Å²) in [5.74, 6) is 0. The summed E-state index contributed by atoms with van der Waals surface area (Å²) in [5, 5.41) is 13.1. The van der Waals surface area contributed by atoms with Gasteiger partial charge in [-0.15, -0.1) is 0 Å². The molecule has 0 saturated carbocycles. The Morgan fingerprint density at radius 3 is 1.93 bits per heavy atom. The molecule has 4 rings (SSSR count). The minimum Gasteiger partial charge on any atom is -0.390 e. The molecule has 1 aromatic heterocycles. The Kier molecular flexibility index (Phi) is 4.94. The first-order valence-corrected chi connectivity index (χ1v) is 11.1. The molecular formula is C20H25N3O3S. The first-order chi connectivity index (χ1) is 12.9. The number of aliphatic hydroxyl groups excluding tert-OH is 1. The van der Waals surface area contributed by atoms with Gasteiger partial charge in [0.25, 0.3) is 0 Å². The molecule has 144 valence electrons. The highest BCUT2D eigenvalue weighted by Crippen LogP contribution is 2.28. The quantitative estimate of drug-likeness (QED) is 0.724. The van der Waals surface area contributed by atoms with Crippen LogP contribution in [0.15, 0.2) is 48.5 Å². The lowest BCUT2D eigenvalue weighted by Gasteiger charge is -2.34. The Balaban J connectivity index is 1.50. The molecular weight excluding hydrogens is 362 g/mol. The molecule has 1 atom stereocenters. The highest BCUT2D eigenvalue weighted by molar-refractivity contribution is 7.88. The summed E-state index contributed by atoms with van der Waals surface area (Å²) in [6.07, 6.45) is 0.730. The van der Waals surface area contributed by atoms with Crippen LogP contribution in [0.4, 0.5) is 0 Å². The van der Waals surface area contributed by atoms with Crippen molar-refractivity contribution in [1.82, 2.24) is 13.8 Å². The van der Waals surface area contributed by atoms with E-state index in [1.165, 1.54) is 21.3 Å². The number of rotatable bonds is 5. The average molecular weight is 388 g/mol. The van der Waals surface area contributed by atoms with Crippen molar-refractivity contribution < 1.29 is 13.5 Å². The molecule has 0 aliphatic carbocycles. The van der Waals surface area contributed by atoms with E-state index in [1.54, 1.807) is 0 Å². The number of aliphatic hydroxyl groups is 1. The van der Waals surface area contributed by atoms with Crippen LogP contribution in [0.2, 0.25) is 0 Å². The molecule has 0 radical (unpaired) electrons. The SMILES string of the molecule is CS(=O)(=O)N1CCN(C[C@@H](O)Cn2c3ccccc3c3ccccc32)CC1. The van der Waals surface area contributed by atoms with Crippen molar-refractivity contribution in [3.05, 3.63) is 48.5 Å². The molecule has 7 heteroatoms. The van der Waals surface area contributed by atoms with E-state index in [-0.39, 0.29) is 0 Å². The van der Waals surface area contributed by atoms with E-state index in [9.17, 15) is 13.5 Å². The van der Waals surface area contributed by atoms with Gasteiger partial charge in [0.15, 0.2) is 0 Å². The Morgan fingerprint density at radius 2 is 1.41 bits per heavy atom. The van der Waals surface area contributed by atoms with Crippen LogP contribution < -0.4 is 0 Å². The maximum absolute atomic E-state index is 11.6. The van der Waals surface area contributed by atoms with Crippen LogP contribution in [0.3, 0.4) is 0 Å². The minimum atomic E-state index is -3.13. The molecule has 27 heavy (non-hydrogen) atoms. The van der Waals surface area contributed by atoms with Gasteiger partial charge in [-0.25, -0.2) is 8.42 Å². The summed E-state index contributed by atoms with van der Waals surface area (Å²) >= 11 is 0. The number of nitrogens with zero attached hydrogens (tertiary/aromatic N) is 3. The van der Waals surface area contributed by atoms with Crippen LogP contribution >= 0.6 is 0 Å². The van der Waals surface area contributed by atoms with Crippen molar-refractivity contribution in [2.24, 2.45) is 0 Å². The van der Waals surface area contributed by atoms with E-state index in [0.29, 0.717) is 39.3 Å². The number of β-amino-alcohol motifs (C(OH)–C–C–N with tert-alkyl or cyclic N) is 1. The fraction of sp³-hybridized carbons (Fsp3) is 0.400. The summed E-state index contributed by atoms with van der Waals surface area (Å²) in [5.41, 5.74) is 2.25. The number of para-hydroxylation sites is 2. The van der Waals surface area contributed by atoms with Crippen LogP contribution in [0, 0.1) is 0 Å². The van der Waals surface area contributed by atoms with Crippen molar-refractivity contribution in [3.8, 4) is 0 Å². The van der Waals surface area contributed by atoms with Crippen LogP contribution in [0.5, 0.6) is 0 Å². The Labute approximate surface area is 159 Å². The van der Waals surface area contributed by atoms with Crippen molar-refractivity contribution in [2.45, 2.75) is 12.6 Å². The van der Waals surface area contributed by atoms with Crippen molar-refractivity contribution in [2.75, 3.05) is 39.0 Å². The molecule has 1 N–H and O–H groups in total. The summed E-state index contributed by atoms with van der Waals surface area (Å²) < 4.78 is 26.9. The second-order valence-electron chi connectivity index (χ2n) is 7.26. The predicted molar refractivity (Wildman–Crippen MR) is 108 cm³/mol. The van der Waals surface area contributed by atoms with Crippen molar-refractivity contribution >= 4 is 31.8 Å². The first kappa shape index (κ1) is 18.4. The Bertz CT molecular complexity index is 999. The first-order valence-electron chi connectivity index (χ1n) is 9.25. The third-order valence-corrected chi connectivity index (χ3v) is 6.65. The zero-order valence-corrected chi connectivity index (χ0v) is 16.3. The van der Waals surface area contributed by atoms with Gasteiger partial charge in [0.1, 0.15) is 0 Å². The van der Waals surface area contributed by atoms with Gasteiger partial charge in [-0.05, 0) is 12.1 Å². The van der Waals surface area contributed by atoms with Crippen LogP contribution in [0.1, 0.15) is 0 Å². The zero-order valence-electron chi connectivity index (χ0n) is 15.5. The van der Waals surface area contributed by atoms with Crippen LogP contribution in [0.25, 0.3) is 21.8 Å². The summed E-state index contributed by atoms with van der Waals surface area (Å²) in [7, 11) is -3.13. The smallest absolute Gasteiger partial charge is 0.211 e. The van der Waals surface area contributed by atoms with Gasteiger partial charge >= 0.3 is 0 Å². The molecule has 0 unspecified atom stereocenters. The molecule has 1 aliphatic rings. The number of piperazine rings is 1. The summed E-state index contributed by atoms with van der Waals surface area (Å²) in [6, 6.07) is 16.5. The van der Waals surface area contributed by atoms with Crippen LogP contribution in [-0.2, 0) is 16.6 Å². The number of fused-ring (bicyclic) bond motifs is 3. The van der Waals surface area contributed by atoms with Gasteiger partial charge in [-0.2, -0.15) is 4.31 Å². The molecule has 2 heterocycles. The molecule has 0 bridgehead atoms. The van der Waals surface area contributed by atoms with Gasteiger partial charge in [-0.1, -0.05) is 36.4 Å². The second-order valence-corrected chi connectivity index (χ2v) is 9.24. The third kappa shape index (κ3) is 3.73. The van der Waals surface area contributed by atoms with Crippen LogP contribution in [-0.4, -0.2) is 72.4 Å². The molecule has 1 fully saturated rings. The molecule has 1 aliphatic heterocycles. The van der Waals surface area contributed by atoms with E-state index in [4.69, 9.17) is 0 Å². The number of hydrogen-bond donors (Lipinski definition) is 1. The number of aromatic nitrogens is 1. The number of hydrogen-bond acceptors (Lipinski definition) is 4. The Hall–Kier alpha value is -1.93. The molecule has 3 aromatic rings. The molecule has 1 saturated heterocycles. The lowest BCUT2D eigenvalue weighted by molar-refractivity contribution is 0.0824. The molecule has 2 aromatic carbocycles. The van der Waals surface area contributed by atoms with E-state index in [2.05, 4.69) is 33.7 Å². The fourth-order valence-corrected chi connectivity index (χ4v) is 4.84. The van der Waals surface area contributed by atoms with E-state index in [0.717, 1.165) is 11.0 Å². The largest absolute Gasteiger partial charge is 0.390 e. The van der Waals surface area contributed by atoms with E-state index in [1.807, 2.05) is 24.3 Å². The number of benzene rings is 2. The monoisotopic (exact) mass is 387 g/mol. The van der Waals surface area contributed by atoms with Crippen molar-refractivity contribution in [1.29, 1.82) is 0 Å². The second kappa shape index (κ2) is 7.24. The highest BCUT2D eigenvalue weighted by atomic mass is 32.2. The van der Waals surface area contributed by atoms with Gasteiger partial charge < -0.3 is 9.67 Å². The summed E-state index contributed by atoms with van der Waals surface area (Å²) in [4.78, 5) is 2.14. The zero-order chi connectivity index (χ0) is 19.0. The maximum Gasteiger partial charge on any atom is 0.211 e. The third-order valence-electron chi connectivity index (χ3n) is 5.34. The van der Waals surface area contributed by atoms with Crippen molar-refractivity contribution in [3.63, 3.8) is 0 Å². The lowest BCUT2D eigenvalue weighted by atomic mass is 10.2. The standard InChI is InChI=1S/C20H25N3O3S/c1-27(25,26)22-12-10-21(11-13-22)14-16(24)15-23-19-8-4-2-6-17(19)18-7-3-5-9-20(18)23/h2-9,16,24H,10-15H2,1H3/t16-/m1/s1.